The molecule has 8 heteroatoms. The zero-order chi connectivity index (χ0) is 20.5. The largest absolute Gasteiger partial charge is 0.352 e. The molecule has 0 aliphatic heterocycles. The van der Waals surface area contributed by atoms with Gasteiger partial charge in [-0.2, -0.15) is 5.10 Å². The number of aryl methyl sites for hydroxylation is 1. The van der Waals surface area contributed by atoms with E-state index in [4.69, 9.17) is 16.6 Å². The molecule has 4 heterocycles. The highest BCUT2D eigenvalue weighted by atomic mass is 35.5. The Labute approximate surface area is 177 Å². The lowest BCUT2D eigenvalue weighted by atomic mass is 10.1. The van der Waals surface area contributed by atoms with Gasteiger partial charge in [-0.15, -0.1) is 0 Å². The molecule has 0 saturated heterocycles. The van der Waals surface area contributed by atoms with E-state index in [0.717, 1.165) is 39.5 Å². The molecule has 0 atom stereocenters. The van der Waals surface area contributed by atoms with Gasteiger partial charge in [0.15, 0.2) is 5.65 Å². The molecular formula is C22H18ClN7. The van der Waals surface area contributed by atoms with E-state index in [9.17, 15) is 0 Å². The number of aromatic amines is 1. The number of rotatable bonds is 5. The molecule has 2 N–H and O–H groups in total. The molecule has 148 valence electrons. The predicted octanol–water partition coefficient (Wildman–Crippen LogP) is 4.76. The number of fused-ring (bicyclic) bond motifs is 1. The zero-order valence-corrected chi connectivity index (χ0v) is 16.9. The van der Waals surface area contributed by atoms with Gasteiger partial charge >= 0.3 is 0 Å². The Morgan fingerprint density at radius 2 is 1.97 bits per heavy atom. The second-order valence-corrected chi connectivity index (χ2v) is 7.37. The van der Waals surface area contributed by atoms with Crippen LogP contribution in [0.25, 0.3) is 28.3 Å². The number of benzene rings is 1. The minimum absolute atomic E-state index is 0.595. The lowest BCUT2D eigenvalue weighted by Gasteiger charge is -2.04. The van der Waals surface area contributed by atoms with Crippen LogP contribution >= 0.6 is 11.6 Å². The van der Waals surface area contributed by atoms with Crippen molar-refractivity contribution in [2.45, 2.75) is 13.5 Å². The number of anilines is 1. The standard InChI is InChI=1S/C22H18ClN7/c1-14-4-2-7-18(27-14)21-20(16-8-9-30-19(11-16)25-13-26-30)28-22(29-21)24-12-15-5-3-6-17(23)10-15/h2-11,13H,12H2,1H3,(H2,24,28,29). The van der Waals surface area contributed by atoms with Crippen LogP contribution in [0.5, 0.6) is 0 Å². The number of H-pyrrole nitrogens is 1. The molecule has 0 amide bonds. The fourth-order valence-electron chi connectivity index (χ4n) is 3.33. The molecule has 0 fully saturated rings. The fraction of sp³-hybridized carbons (Fsp3) is 0.0909. The Balaban J connectivity index is 1.55. The van der Waals surface area contributed by atoms with Crippen LogP contribution in [0.4, 0.5) is 5.95 Å². The molecule has 5 rings (SSSR count). The highest BCUT2D eigenvalue weighted by molar-refractivity contribution is 6.30. The number of imidazole rings is 1. The molecule has 0 saturated carbocycles. The lowest BCUT2D eigenvalue weighted by Crippen LogP contribution is -2.00. The minimum Gasteiger partial charge on any atom is -0.352 e. The smallest absolute Gasteiger partial charge is 0.201 e. The minimum atomic E-state index is 0.595. The Morgan fingerprint density at radius 3 is 2.83 bits per heavy atom. The molecule has 5 aromatic rings. The van der Waals surface area contributed by atoms with Crippen molar-refractivity contribution in [2.75, 3.05) is 5.32 Å². The van der Waals surface area contributed by atoms with Crippen LogP contribution in [0, 0.1) is 6.92 Å². The van der Waals surface area contributed by atoms with Crippen molar-refractivity contribution in [2.24, 2.45) is 0 Å². The van der Waals surface area contributed by atoms with Gasteiger partial charge in [0.25, 0.3) is 0 Å². The molecule has 0 bridgehead atoms. The van der Waals surface area contributed by atoms with E-state index < -0.39 is 0 Å². The quantitative estimate of drug-likeness (QED) is 0.432. The number of halogens is 1. The summed E-state index contributed by atoms with van der Waals surface area (Å²) in [5, 5.41) is 8.22. The molecule has 7 nitrogen and oxygen atoms in total. The highest BCUT2D eigenvalue weighted by Gasteiger charge is 2.16. The van der Waals surface area contributed by atoms with Crippen molar-refractivity contribution in [1.82, 2.24) is 29.5 Å². The van der Waals surface area contributed by atoms with E-state index in [1.54, 1.807) is 4.52 Å². The number of hydrogen-bond acceptors (Lipinski definition) is 5. The Kier molecular flexibility index (Phi) is 4.65. The summed E-state index contributed by atoms with van der Waals surface area (Å²) in [6.45, 7) is 2.57. The summed E-state index contributed by atoms with van der Waals surface area (Å²) in [5.41, 5.74) is 6.17. The molecule has 0 unspecified atom stereocenters. The van der Waals surface area contributed by atoms with Crippen molar-refractivity contribution in [1.29, 1.82) is 0 Å². The van der Waals surface area contributed by atoms with E-state index in [1.165, 1.54) is 6.33 Å². The SMILES string of the molecule is Cc1cccc(-c2[nH]c(NCc3cccc(Cl)c3)nc2-c2ccn3ncnc3c2)n1. The molecule has 0 spiro atoms. The molecular weight excluding hydrogens is 398 g/mol. The van der Waals surface area contributed by atoms with Crippen molar-refractivity contribution < 1.29 is 0 Å². The first kappa shape index (κ1) is 18.3. The van der Waals surface area contributed by atoms with E-state index in [2.05, 4.69) is 25.4 Å². The topological polar surface area (TPSA) is 83.8 Å². The summed E-state index contributed by atoms with van der Waals surface area (Å²) in [6.07, 6.45) is 3.41. The second kappa shape index (κ2) is 7.61. The first-order valence-corrected chi connectivity index (χ1v) is 9.86. The molecule has 0 aliphatic rings. The maximum atomic E-state index is 6.10. The van der Waals surface area contributed by atoms with Crippen molar-refractivity contribution in [3.63, 3.8) is 0 Å². The highest BCUT2D eigenvalue weighted by Crippen LogP contribution is 2.31. The van der Waals surface area contributed by atoms with Crippen LogP contribution in [-0.4, -0.2) is 29.5 Å². The lowest BCUT2D eigenvalue weighted by molar-refractivity contribution is 0.961. The third-order valence-corrected chi connectivity index (χ3v) is 4.99. The van der Waals surface area contributed by atoms with Gasteiger partial charge in [-0.05, 0) is 48.9 Å². The van der Waals surface area contributed by atoms with Crippen molar-refractivity contribution in [3.05, 3.63) is 83.4 Å². The maximum absolute atomic E-state index is 6.10. The third kappa shape index (κ3) is 3.62. The summed E-state index contributed by atoms with van der Waals surface area (Å²) >= 11 is 6.10. The van der Waals surface area contributed by atoms with Crippen molar-refractivity contribution in [3.8, 4) is 22.6 Å². The summed E-state index contributed by atoms with van der Waals surface area (Å²) in [7, 11) is 0. The molecule has 4 aromatic heterocycles. The van der Waals surface area contributed by atoms with Gasteiger partial charge in [0, 0.05) is 29.0 Å². The predicted molar refractivity (Wildman–Crippen MR) is 117 cm³/mol. The number of pyridine rings is 2. The Morgan fingerprint density at radius 1 is 1.07 bits per heavy atom. The summed E-state index contributed by atoms with van der Waals surface area (Å²) in [6, 6.07) is 17.6. The summed E-state index contributed by atoms with van der Waals surface area (Å²) < 4.78 is 1.72. The summed E-state index contributed by atoms with van der Waals surface area (Å²) in [5.74, 6) is 0.657. The zero-order valence-electron chi connectivity index (χ0n) is 16.2. The average molecular weight is 416 g/mol. The maximum Gasteiger partial charge on any atom is 0.201 e. The van der Waals surface area contributed by atoms with Gasteiger partial charge in [-0.25, -0.2) is 14.5 Å². The van der Waals surface area contributed by atoms with E-state index >= 15 is 0 Å². The summed E-state index contributed by atoms with van der Waals surface area (Å²) in [4.78, 5) is 17.2. The fourth-order valence-corrected chi connectivity index (χ4v) is 3.54. The molecule has 1 aromatic carbocycles. The number of nitrogens with zero attached hydrogens (tertiary/aromatic N) is 5. The molecule has 30 heavy (non-hydrogen) atoms. The number of nitrogens with one attached hydrogen (secondary N) is 2. The van der Waals surface area contributed by atoms with Gasteiger partial charge in [-0.3, -0.25) is 4.98 Å². The average Bonchev–Trinajstić information content (AvgIpc) is 3.39. The van der Waals surface area contributed by atoms with Crippen LogP contribution in [0.1, 0.15) is 11.3 Å². The second-order valence-electron chi connectivity index (χ2n) is 6.93. The van der Waals surface area contributed by atoms with E-state index in [1.807, 2.05) is 67.7 Å². The number of aromatic nitrogens is 6. The van der Waals surface area contributed by atoms with Crippen LogP contribution < -0.4 is 5.32 Å². The monoisotopic (exact) mass is 415 g/mol. The normalized spacial score (nSPS) is 11.1. The van der Waals surface area contributed by atoms with Gasteiger partial charge < -0.3 is 10.3 Å². The first-order valence-electron chi connectivity index (χ1n) is 9.48. The molecule has 0 radical (unpaired) electrons. The van der Waals surface area contributed by atoms with Gasteiger partial charge in [0.05, 0.1) is 11.4 Å². The van der Waals surface area contributed by atoms with E-state index in [0.29, 0.717) is 17.5 Å². The van der Waals surface area contributed by atoms with Crippen molar-refractivity contribution >= 4 is 23.2 Å². The van der Waals surface area contributed by atoms with Crippen LogP contribution in [0.3, 0.4) is 0 Å². The number of hydrogen-bond donors (Lipinski definition) is 2. The van der Waals surface area contributed by atoms with E-state index in [-0.39, 0.29) is 0 Å². The van der Waals surface area contributed by atoms with Crippen LogP contribution in [0.2, 0.25) is 5.02 Å². The molecule has 0 aliphatic carbocycles. The first-order chi connectivity index (χ1) is 14.7. The van der Waals surface area contributed by atoms with Gasteiger partial charge in [-0.1, -0.05) is 29.8 Å². The Hall–Kier alpha value is -3.71. The van der Waals surface area contributed by atoms with Crippen LogP contribution in [-0.2, 0) is 6.54 Å². The van der Waals surface area contributed by atoms with Gasteiger partial charge in [0.1, 0.15) is 12.0 Å². The van der Waals surface area contributed by atoms with Crippen LogP contribution in [0.15, 0.2) is 67.1 Å². The van der Waals surface area contributed by atoms with Gasteiger partial charge in [0.2, 0.25) is 5.95 Å². The third-order valence-electron chi connectivity index (χ3n) is 4.75. The Bertz CT molecular complexity index is 1340.